The predicted molar refractivity (Wildman–Crippen MR) is 74.7 cm³/mol. The molecule has 1 aromatic rings. The molecule has 2 atom stereocenters. The predicted octanol–water partition coefficient (Wildman–Crippen LogP) is 1.77. The second kappa shape index (κ2) is 7.57. The van der Waals surface area contributed by atoms with E-state index in [4.69, 9.17) is 14.2 Å². The Morgan fingerprint density at radius 2 is 2.30 bits per heavy atom. The zero-order valence-corrected chi connectivity index (χ0v) is 12.0. The van der Waals surface area contributed by atoms with Crippen molar-refractivity contribution >= 4 is 0 Å². The Labute approximate surface area is 119 Å². The Morgan fingerprint density at radius 3 is 2.95 bits per heavy atom. The zero-order chi connectivity index (χ0) is 14.4. The first-order valence-electron chi connectivity index (χ1n) is 7.00. The summed E-state index contributed by atoms with van der Waals surface area (Å²) in [5, 5.41) is 3.35. The average molecular weight is 283 g/mol. The number of hydrogen-bond acceptors (Lipinski definition) is 4. The molecule has 1 saturated heterocycles. The van der Waals surface area contributed by atoms with E-state index >= 15 is 0 Å². The first-order valence-corrected chi connectivity index (χ1v) is 7.00. The highest BCUT2D eigenvalue weighted by Gasteiger charge is 2.26. The molecule has 1 N–H and O–H groups in total. The van der Waals surface area contributed by atoms with Crippen LogP contribution in [0.25, 0.3) is 0 Å². The molecular formula is C15H22FNO3. The van der Waals surface area contributed by atoms with Crippen LogP contribution in [0.1, 0.15) is 12.5 Å². The van der Waals surface area contributed by atoms with Gasteiger partial charge in [0.1, 0.15) is 0 Å². The summed E-state index contributed by atoms with van der Waals surface area (Å²) in [5.41, 5.74) is 0.629. The highest BCUT2D eigenvalue weighted by molar-refractivity contribution is 5.31. The normalized spacial score (nSPS) is 20.6. The molecule has 4 nitrogen and oxygen atoms in total. The zero-order valence-electron chi connectivity index (χ0n) is 12.0. The van der Waals surface area contributed by atoms with Crippen molar-refractivity contribution in [2.45, 2.75) is 25.5 Å². The van der Waals surface area contributed by atoms with Crippen LogP contribution in [0.5, 0.6) is 5.75 Å². The van der Waals surface area contributed by atoms with E-state index in [2.05, 4.69) is 5.32 Å². The number of rotatable bonds is 6. The standard InChI is InChI=1S/C15H22FNO3/c1-3-17-12(14-10-19-7-8-20-14)9-11-5-4-6-13(18-2)15(11)16/h4-6,12,14,17H,3,7-10H2,1-2H3. The van der Waals surface area contributed by atoms with Crippen LogP contribution in [-0.2, 0) is 15.9 Å². The van der Waals surface area contributed by atoms with Gasteiger partial charge in [0.15, 0.2) is 11.6 Å². The number of methoxy groups -OCH3 is 1. The number of ether oxygens (including phenoxy) is 3. The van der Waals surface area contributed by atoms with E-state index in [9.17, 15) is 4.39 Å². The molecule has 1 aliphatic heterocycles. The summed E-state index contributed by atoms with van der Waals surface area (Å²) in [5.74, 6) is -0.0202. The quantitative estimate of drug-likeness (QED) is 0.864. The molecule has 112 valence electrons. The fraction of sp³-hybridized carbons (Fsp3) is 0.600. The van der Waals surface area contributed by atoms with Gasteiger partial charge >= 0.3 is 0 Å². The maximum atomic E-state index is 14.2. The van der Waals surface area contributed by atoms with Crippen LogP contribution in [0, 0.1) is 5.82 Å². The van der Waals surface area contributed by atoms with Crippen molar-refractivity contribution < 1.29 is 18.6 Å². The van der Waals surface area contributed by atoms with Crippen LogP contribution in [0.2, 0.25) is 0 Å². The van der Waals surface area contributed by atoms with Crippen molar-refractivity contribution in [1.82, 2.24) is 5.32 Å². The van der Waals surface area contributed by atoms with Crippen molar-refractivity contribution in [3.63, 3.8) is 0 Å². The van der Waals surface area contributed by atoms with Gasteiger partial charge in [-0.25, -0.2) is 4.39 Å². The highest BCUT2D eigenvalue weighted by atomic mass is 19.1. The minimum Gasteiger partial charge on any atom is -0.494 e. The van der Waals surface area contributed by atoms with Crippen LogP contribution in [-0.4, -0.2) is 45.6 Å². The molecule has 20 heavy (non-hydrogen) atoms. The lowest BCUT2D eigenvalue weighted by Gasteiger charge is -2.31. The van der Waals surface area contributed by atoms with Crippen molar-refractivity contribution in [3.05, 3.63) is 29.6 Å². The summed E-state index contributed by atoms with van der Waals surface area (Å²) in [4.78, 5) is 0. The topological polar surface area (TPSA) is 39.7 Å². The molecule has 2 rings (SSSR count). The molecule has 0 radical (unpaired) electrons. The number of nitrogens with one attached hydrogen (secondary N) is 1. The minimum absolute atomic E-state index is 0.0295. The fourth-order valence-corrected chi connectivity index (χ4v) is 2.44. The third-order valence-electron chi connectivity index (χ3n) is 3.46. The van der Waals surface area contributed by atoms with Crippen LogP contribution < -0.4 is 10.1 Å². The van der Waals surface area contributed by atoms with Crippen LogP contribution >= 0.6 is 0 Å². The third kappa shape index (κ3) is 3.69. The van der Waals surface area contributed by atoms with E-state index in [1.165, 1.54) is 7.11 Å². The van der Waals surface area contributed by atoms with Crippen molar-refractivity contribution in [2.24, 2.45) is 0 Å². The summed E-state index contributed by atoms with van der Waals surface area (Å²) in [6, 6.07) is 5.24. The molecule has 2 unspecified atom stereocenters. The van der Waals surface area contributed by atoms with Gasteiger partial charge in [-0.3, -0.25) is 0 Å². The van der Waals surface area contributed by atoms with E-state index in [0.29, 0.717) is 31.8 Å². The van der Waals surface area contributed by atoms with Gasteiger partial charge in [0.05, 0.1) is 33.0 Å². The summed E-state index contributed by atoms with van der Waals surface area (Å²) in [7, 11) is 1.47. The van der Waals surface area contributed by atoms with Gasteiger partial charge in [0.2, 0.25) is 0 Å². The van der Waals surface area contributed by atoms with Gasteiger partial charge in [0.25, 0.3) is 0 Å². The Kier molecular flexibility index (Phi) is 5.76. The number of benzene rings is 1. The third-order valence-corrected chi connectivity index (χ3v) is 3.46. The molecule has 1 aliphatic rings. The molecule has 1 fully saturated rings. The van der Waals surface area contributed by atoms with E-state index in [1.54, 1.807) is 18.2 Å². The van der Waals surface area contributed by atoms with Gasteiger partial charge in [0, 0.05) is 6.04 Å². The minimum atomic E-state index is -0.297. The van der Waals surface area contributed by atoms with Crippen LogP contribution in [0.4, 0.5) is 4.39 Å². The fourth-order valence-electron chi connectivity index (χ4n) is 2.44. The summed E-state index contributed by atoms with van der Waals surface area (Å²) in [6.45, 7) is 4.59. The highest BCUT2D eigenvalue weighted by Crippen LogP contribution is 2.22. The Balaban J connectivity index is 2.10. The van der Waals surface area contributed by atoms with Gasteiger partial charge < -0.3 is 19.5 Å². The van der Waals surface area contributed by atoms with Gasteiger partial charge in [-0.05, 0) is 24.6 Å². The van der Waals surface area contributed by atoms with Crippen LogP contribution in [0.3, 0.4) is 0 Å². The first kappa shape index (κ1) is 15.2. The monoisotopic (exact) mass is 283 g/mol. The van der Waals surface area contributed by atoms with Crippen molar-refractivity contribution in [1.29, 1.82) is 0 Å². The largest absolute Gasteiger partial charge is 0.494 e. The lowest BCUT2D eigenvalue weighted by atomic mass is 10.00. The molecule has 0 aromatic heterocycles. The second-order valence-electron chi connectivity index (χ2n) is 4.79. The molecular weight excluding hydrogens is 261 g/mol. The molecule has 1 heterocycles. The Bertz CT molecular complexity index is 422. The van der Waals surface area contributed by atoms with E-state index in [0.717, 1.165) is 6.54 Å². The molecule has 0 bridgehead atoms. The molecule has 0 spiro atoms. The Hall–Kier alpha value is -1.17. The van der Waals surface area contributed by atoms with Gasteiger partial charge in [-0.2, -0.15) is 0 Å². The van der Waals surface area contributed by atoms with E-state index < -0.39 is 0 Å². The lowest BCUT2D eigenvalue weighted by Crippen LogP contribution is -2.48. The smallest absolute Gasteiger partial charge is 0.168 e. The molecule has 1 aromatic carbocycles. The van der Waals surface area contributed by atoms with Crippen LogP contribution in [0.15, 0.2) is 18.2 Å². The molecule has 0 amide bonds. The SMILES string of the molecule is CCNC(Cc1cccc(OC)c1F)C1COCCO1. The van der Waals surface area contributed by atoms with Crippen molar-refractivity contribution in [3.8, 4) is 5.75 Å². The second-order valence-corrected chi connectivity index (χ2v) is 4.79. The molecule has 5 heteroatoms. The summed E-state index contributed by atoms with van der Waals surface area (Å²) < 4.78 is 30.4. The number of likely N-dealkylation sites (N-methyl/N-ethyl adjacent to an activating group) is 1. The van der Waals surface area contributed by atoms with Crippen molar-refractivity contribution in [2.75, 3.05) is 33.5 Å². The number of hydrogen-bond donors (Lipinski definition) is 1. The van der Waals surface area contributed by atoms with E-state index in [1.807, 2.05) is 6.92 Å². The lowest BCUT2D eigenvalue weighted by molar-refractivity contribution is -0.101. The van der Waals surface area contributed by atoms with Gasteiger partial charge in [-0.15, -0.1) is 0 Å². The number of halogens is 1. The van der Waals surface area contributed by atoms with E-state index in [-0.39, 0.29) is 23.7 Å². The molecule has 0 aliphatic carbocycles. The average Bonchev–Trinajstić information content (AvgIpc) is 2.49. The molecule has 0 saturated carbocycles. The maximum absolute atomic E-state index is 14.2. The maximum Gasteiger partial charge on any atom is 0.168 e. The Morgan fingerprint density at radius 1 is 1.45 bits per heavy atom. The summed E-state index contributed by atoms with van der Waals surface area (Å²) >= 11 is 0. The van der Waals surface area contributed by atoms with Gasteiger partial charge in [-0.1, -0.05) is 19.1 Å². The first-order chi connectivity index (χ1) is 9.76. The summed E-state index contributed by atoms with van der Waals surface area (Å²) in [6.07, 6.45) is 0.500.